The number of thioether (sulfide) groups is 1. The van der Waals surface area contributed by atoms with Gasteiger partial charge in [0.25, 0.3) is 0 Å². The van der Waals surface area contributed by atoms with E-state index in [-0.39, 0.29) is 10.4 Å². The number of carbonyl (C=O) groups is 1. The Bertz CT molecular complexity index is 390. The van der Waals surface area contributed by atoms with E-state index in [4.69, 9.17) is 11.6 Å². The predicted molar refractivity (Wildman–Crippen MR) is 76.0 cm³/mol. The van der Waals surface area contributed by atoms with Crippen LogP contribution in [0.15, 0.2) is 12.1 Å². The van der Waals surface area contributed by atoms with Crippen LogP contribution in [0.4, 0.5) is 0 Å². The molecule has 1 aromatic carbocycles. The summed E-state index contributed by atoms with van der Waals surface area (Å²) in [4.78, 5) is 11.9. The van der Waals surface area contributed by atoms with Gasteiger partial charge in [0.1, 0.15) is 0 Å². The second-order valence-corrected chi connectivity index (χ2v) is 6.60. The lowest BCUT2D eigenvalue weighted by atomic mass is 10.1. The van der Waals surface area contributed by atoms with Crippen LogP contribution in [0.5, 0.6) is 0 Å². The molecule has 82 valence electrons. The van der Waals surface area contributed by atoms with E-state index in [0.29, 0.717) is 10.6 Å². The lowest BCUT2D eigenvalue weighted by Crippen LogP contribution is -2.03. The van der Waals surface area contributed by atoms with Gasteiger partial charge in [-0.25, -0.2) is 0 Å². The second kappa shape index (κ2) is 5.55. The molecule has 0 N–H and O–H groups in total. The molecule has 0 aliphatic carbocycles. The van der Waals surface area contributed by atoms with Crippen molar-refractivity contribution in [1.82, 2.24) is 0 Å². The van der Waals surface area contributed by atoms with Gasteiger partial charge in [0.05, 0.1) is 10.6 Å². The Morgan fingerprint density at radius 1 is 1.47 bits per heavy atom. The Morgan fingerprint density at radius 2 is 2.07 bits per heavy atom. The monoisotopic (exact) mass is 354 g/mol. The van der Waals surface area contributed by atoms with E-state index in [0.717, 1.165) is 9.13 Å². The molecule has 4 heteroatoms. The van der Waals surface area contributed by atoms with Crippen LogP contribution in [0.25, 0.3) is 0 Å². The molecule has 0 heterocycles. The second-order valence-electron chi connectivity index (χ2n) is 3.51. The molecule has 0 atom stereocenters. The van der Waals surface area contributed by atoms with Crippen LogP contribution in [0.3, 0.4) is 0 Å². The van der Waals surface area contributed by atoms with Crippen molar-refractivity contribution >= 4 is 51.1 Å². The molecule has 0 radical (unpaired) electrons. The summed E-state index contributed by atoms with van der Waals surface area (Å²) in [5.74, 6) is 0. The quantitative estimate of drug-likeness (QED) is 0.726. The Morgan fingerprint density at radius 3 is 2.60 bits per heavy atom. The first kappa shape index (κ1) is 13.3. The molecule has 1 aromatic rings. The van der Waals surface area contributed by atoms with Gasteiger partial charge in [-0.2, -0.15) is 0 Å². The van der Waals surface area contributed by atoms with Gasteiger partial charge in [0.2, 0.25) is 5.12 Å². The van der Waals surface area contributed by atoms with Crippen LogP contribution in [-0.4, -0.2) is 10.4 Å². The molecule has 0 amide bonds. The minimum Gasteiger partial charge on any atom is -0.281 e. The maximum Gasteiger partial charge on any atom is 0.221 e. The highest BCUT2D eigenvalue weighted by molar-refractivity contribution is 14.1. The molecule has 0 aliphatic heterocycles. The Hall–Kier alpha value is 0.260. The van der Waals surface area contributed by atoms with Gasteiger partial charge in [-0.1, -0.05) is 43.3 Å². The summed E-state index contributed by atoms with van der Waals surface area (Å²) in [5, 5.41) is 0.922. The molecule has 0 aliphatic rings. The number of rotatable bonds is 2. The normalized spacial score (nSPS) is 10.8. The summed E-state index contributed by atoms with van der Waals surface area (Å²) in [6, 6.07) is 3.86. The van der Waals surface area contributed by atoms with Gasteiger partial charge in [0.15, 0.2) is 0 Å². The molecule has 0 bridgehead atoms. The fourth-order valence-electron chi connectivity index (χ4n) is 1.17. The largest absolute Gasteiger partial charge is 0.281 e. The third kappa shape index (κ3) is 3.36. The molecule has 1 nitrogen and oxygen atoms in total. The number of hydrogen-bond donors (Lipinski definition) is 0. The average Bonchev–Trinajstić information content (AvgIpc) is 2.11. The lowest BCUT2D eigenvalue weighted by Gasteiger charge is -2.09. The Labute approximate surface area is 113 Å². The molecule has 0 fully saturated rings. The fraction of sp³-hybridized carbons (Fsp3) is 0.364. The minimum atomic E-state index is 0.0611. The first-order valence-electron chi connectivity index (χ1n) is 4.59. The average molecular weight is 355 g/mol. The first-order valence-corrected chi connectivity index (χ1v) is 6.92. The standard InChI is InChI=1S/C11H12ClIOS/c1-6(2)15-11(14)9-7(3)4-5-8(13)10(9)12/h4-6H,1-3H3. The van der Waals surface area contributed by atoms with Crippen LogP contribution in [0.2, 0.25) is 5.02 Å². The van der Waals surface area contributed by atoms with Gasteiger partial charge in [0, 0.05) is 8.82 Å². The van der Waals surface area contributed by atoms with E-state index in [2.05, 4.69) is 22.6 Å². The van der Waals surface area contributed by atoms with E-state index in [1.807, 2.05) is 32.9 Å². The third-order valence-corrected chi connectivity index (χ3v) is 4.35. The molecule has 0 spiro atoms. The van der Waals surface area contributed by atoms with Gasteiger partial charge >= 0.3 is 0 Å². The zero-order valence-corrected chi connectivity index (χ0v) is 12.5. The predicted octanol–water partition coefficient (Wildman–Crippen LogP) is 4.53. The van der Waals surface area contributed by atoms with Gasteiger partial charge in [-0.3, -0.25) is 4.79 Å². The zero-order chi connectivity index (χ0) is 11.6. The van der Waals surface area contributed by atoms with Crippen molar-refractivity contribution in [2.24, 2.45) is 0 Å². The Balaban J connectivity index is 3.13. The molecular formula is C11H12ClIOS. The highest BCUT2D eigenvalue weighted by atomic mass is 127. The van der Waals surface area contributed by atoms with Crippen molar-refractivity contribution in [2.75, 3.05) is 0 Å². The molecular weight excluding hydrogens is 343 g/mol. The molecule has 15 heavy (non-hydrogen) atoms. The van der Waals surface area contributed by atoms with Crippen LogP contribution in [0.1, 0.15) is 29.8 Å². The summed E-state index contributed by atoms with van der Waals surface area (Å²) in [7, 11) is 0. The molecule has 0 saturated heterocycles. The highest BCUT2D eigenvalue weighted by Crippen LogP contribution is 2.30. The lowest BCUT2D eigenvalue weighted by molar-refractivity contribution is 0.108. The van der Waals surface area contributed by atoms with Crippen LogP contribution in [0, 0.1) is 10.5 Å². The number of benzene rings is 1. The SMILES string of the molecule is Cc1ccc(I)c(Cl)c1C(=O)SC(C)C. The van der Waals surface area contributed by atoms with Crippen LogP contribution < -0.4 is 0 Å². The topological polar surface area (TPSA) is 17.1 Å². The summed E-state index contributed by atoms with van der Waals surface area (Å²) >= 11 is 9.59. The van der Waals surface area contributed by atoms with Gasteiger partial charge < -0.3 is 0 Å². The van der Waals surface area contributed by atoms with E-state index in [1.165, 1.54) is 11.8 Å². The maximum absolute atomic E-state index is 11.9. The van der Waals surface area contributed by atoms with Crippen molar-refractivity contribution < 1.29 is 4.79 Å². The van der Waals surface area contributed by atoms with Crippen molar-refractivity contribution in [3.63, 3.8) is 0 Å². The highest BCUT2D eigenvalue weighted by Gasteiger charge is 2.17. The van der Waals surface area contributed by atoms with Gasteiger partial charge in [-0.05, 0) is 41.1 Å². The fourth-order valence-corrected chi connectivity index (χ4v) is 2.78. The molecule has 0 saturated carbocycles. The van der Waals surface area contributed by atoms with Gasteiger partial charge in [-0.15, -0.1) is 0 Å². The molecule has 0 unspecified atom stereocenters. The van der Waals surface area contributed by atoms with Crippen molar-refractivity contribution in [1.29, 1.82) is 0 Å². The van der Waals surface area contributed by atoms with Crippen LogP contribution >= 0.6 is 46.0 Å². The summed E-state index contributed by atoms with van der Waals surface area (Å²) < 4.78 is 0.924. The van der Waals surface area contributed by atoms with Crippen LogP contribution in [-0.2, 0) is 0 Å². The summed E-state index contributed by atoms with van der Waals surface area (Å²) in [6.07, 6.45) is 0. The molecule has 1 rings (SSSR count). The Kier molecular flexibility index (Phi) is 4.93. The van der Waals surface area contributed by atoms with Crippen molar-refractivity contribution in [2.45, 2.75) is 26.0 Å². The number of halogens is 2. The van der Waals surface area contributed by atoms with E-state index >= 15 is 0 Å². The smallest absolute Gasteiger partial charge is 0.221 e. The molecule has 0 aromatic heterocycles. The zero-order valence-electron chi connectivity index (χ0n) is 8.80. The number of aryl methyl sites for hydroxylation is 1. The third-order valence-electron chi connectivity index (χ3n) is 1.85. The van der Waals surface area contributed by atoms with E-state index in [9.17, 15) is 4.79 Å². The van der Waals surface area contributed by atoms with E-state index in [1.54, 1.807) is 0 Å². The minimum absolute atomic E-state index is 0.0611. The first-order chi connectivity index (χ1) is 6.93. The number of hydrogen-bond acceptors (Lipinski definition) is 2. The number of carbonyl (C=O) groups excluding carboxylic acids is 1. The van der Waals surface area contributed by atoms with Crippen molar-refractivity contribution in [3.8, 4) is 0 Å². The summed E-state index contributed by atoms with van der Waals surface area (Å²) in [6.45, 7) is 5.91. The maximum atomic E-state index is 11.9. The summed E-state index contributed by atoms with van der Waals surface area (Å²) in [5.41, 5.74) is 1.60. The van der Waals surface area contributed by atoms with E-state index < -0.39 is 0 Å². The van der Waals surface area contributed by atoms with Crippen molar-refractivity contribution in [3.05, 3.63) is 31.9 Å².